The largest absolute Gasteiger partial charge is 0.416 e. The van der Waals surface area contributed by atoms with Gasteiger partial charge in [0, 0.05) is 17.6 Å². The SMILES string of the molecule is FC(F)(F)c1ccc2c(Cl)[c]cnc2c1. The lowest BCUT2D eigenvalue weighted by molar-refractivity contribution is -0.137. The molecular weight excluding hydrogens is 227 g/mol. The number of hydrogen-bond donors (Lipinski definition) is 0. The lowest BCUT2D eigenvalue weighted by atomic mass is 10.1. The summed E-state index contributed by atoms with van der Waals surface area (Å²) >= 11 is 5.75. The smallest absolute Gasteiger partial charge is 0.255 e. The summed E-state index contributed by atoms with van der Waals surface area (Å²) in [4.78, 5) is 3.78. The number of rotatable bonds is 0. The molecule has 2 rings (SSSR count). The molecule has 0 aliphatic heterocycles. The number of benzene rings is 1. The van der Waals surface area contributed by atoms with Crippen molar-refractivity contribution in [2.24, 2.45) is 0 Å². The third-order valence-electron chi connectivity index (χ3n) is 1.96. The lowest BCUT2D eigenvalue weighted by Crippen LogP contribution is -2.04. The van der Waals surface area contributed by atoms with Crippen molar-refractivity contribution in [1.82, 2.24) is 4.98 Å². The quantitative estimate of drug-likeness (QED) is 0.672. The molecule has 2 aromatic rings. The second-order valence-corrected chi connectivity index (χ2v) is 3.32. The topological polar surface area (TPSA) is 12.9 Å². The van der Waals surface area contributed by atoms with E-state index in [4.69, 9.17) is 11.6 Å². The van der Waals surface area contributed by atoms with Crippen molar-refractivity contribution >= 4 is 22.5 Å². The van der Waals surface area contributed by atoms with Crippen LogP contribution in [0.25, 0.3) is 10.9 Å². The van der Waals surface area contributed by atoms with Crippen LogP contribution in [-0.4, -0.2) is 4.98 Å². The number of aromatic nitrogens is 1. The number of pyridine rings is 1. The summed E-state index contributed by atoms with van der Waals surface area (Å²) in [6.45, 7) is 0. The molecule has 0 N–H and O–H groups in total. The second-order valence-electron chi connectivity index (χ2n) is 2.95. The number of halogens is 4. The second kappa shape index (κ2) is 3.38. The Hall–Kier alpha value is -1.29. The van der Waals surface area contributed by atoms with E-state index in [9.17, 15) is 13.2 Å². The van der Waals surface area contributed by atoms with E-state index in [2.05, 4.69) is 11.1 Å². The number of hydrogen-bond acceptors (Lipinski definition) is 1. The third-order valence-corrected chi connectivity index (χ3v) is 2.27. The molecule has 0 saturated carbocycles. The van der Waals surface area contributed by atoms with Gasteiger partial charge in [0.05, 0.1) is 16.1 Å². The molecule has 0 spiro atoms. The fourth-order valence-corrected chi connectivity index (χ4v) is 1.45. The molecule has 0 fully saturated rings. The van der Waals surface area contributed by atoms with E-state index in [-0.39, 0.29) is 10.5 Å². The van der Waals surface area contributed by atoms with Crippen molar-refractivity contribution in [3.63, 3.8) is 0 Å². The van der Waals surface area contributed by atoms with Crippen molar-refractivity contribution < 1.29 is 13.2 Å². The Labute approximate surface area is 88.5 Å². The maximum atomic E-state index is 12.3. The van der Waals surface area contributed by atoms with Crippen LogP contribution >= 0.6 is 11.6 Å². The maximum Gasteiger partial charge on any atom is 0.416 e. The Morgan fingerprint density at radius 1 is 1.27 bits per heavy atom. The summed E-state index contributed by atoms with van der Waals surface area (Å²) in [5.74, 6) is 0. The lowest BCUT2D eigenvalue weighted by Gasteiger charge is -2.07. The van der Waals surface area contributed by atoms with Crippen LogP contribution in [0, 0.1) is 6.07 Å². The molecule has 1 radical (unpaired) electrons. The molecule has 0 aliphatic carbocycles. The summed E-state index contributed by atoms with van der Waals surface area (Å²) in [6.07, 6.45) is -3.10. The first-order valence-corrected chi connectivity index (χ1v) is 4.39. The van der Waals surface area contributed by atoms with Gasteiger partial charge in [-0.25, -0.2) is 0 Å². The molecule has 77 valence electrons. The molecule has 1 aromatic carbocycles. The van der Waals surface area contributed by atoms with Gasteiger partial charge in [0.25, 0.3) is 0 Å². The van der Waals surface area contributed by atoms with Gasteiger partial charge in [-0.1, -0.05) is 17.7 Å². The fourth-order valence-electron chi connectivity index (χ4n) is 1.24. The summed E-state index contributed by atoms with van der Waals surface area (Å²) in [6, 6.07) is 5.84. The zero-order valence-electron chi connectivity index (χ0n) is 7.27. The van der Waals surface area contributed by atoms with Gasteiger partial charge in [0.1, 0.15) is 0 Å². The molecule has 1 aromatic heterocycles. The molecule has 0 aliphatic rings. The van der Waals surface area contributed by atoms with Gasteiger partial charge in [-0.15, -0.1) is 0 Å². The van der Waals surface area contributed by atoms with Crippen LogP contribution in [0.15, 0.2) is 24.4 Å². The zero-order chi connectivity index (χ0) is 11.1. The summed E-state index contributed by atoms with van der Waals surface area (Å²) in [5.41, 5.74) is -0.515. The molecule has 0 unspecified atom stereocenters. The van der Waals surface area contributed by atoms with Crippen molar-refractivity contribution in [3.8, 4) is 0 Å². The van der Waals surface area contributed by atoms with Crippen molar-refractivity contribution in [3.05, 3.63) is 41.0 Å². The average Bonchev–Trinajstić information content (AvgIpc) is 2.16. The van der Waals surface area contributed by atoms with Crippen LogP contribution in [0.2, 0.25) is 5.02 Å². The van der Waals surface area contributed by atoms with Gasteiger partial charge in [-0.2, -0.15) is 13.2 Å². The average molecular weight is 231 g/mol. The zero-order valence-corrected chi connectivity index (χ0v) is 8.02. The van der Waals surface area contributed by atoms with E-state index in [0.717, 1.165) is 12.1 Å². The molecule has 15 heavy (non-hydrogen) atoms. The normalized spacial score (nSPS) is 12.0. The number of nitrogens with zero attached hydrogens (tertiary/aromatic N) is 1. The Balaban J connectivity index is 2.68. The van der Waals surface area contributed by atoms with E-state index < -0.39 is 11.7 Å². The van der Waals surface area contributed by atoms with Crippen LogP contribution in [0.1, 0.15) is 5.56 Å². The first kappa shape index (κ1) is 10.2. The van der Waals surface area contributed by atoms with Crippen LogP contribution < -0.4 is 0 Å². The Bertz CT molecular complexity index is 507. The highest BCUT2D eigenvalue weighted by Crippen LogP contribution is 2.32. The molecular formula is C10H4ClF3N. The first-order chi connectivity index (χ1) is 6.98. The van der Waals surface area contributed by atoms with E-state index >= 15 is 0 Å². The van der Waals surface area contributed by atoms with Crippen molar-refractivity contribution in [2.75, 3.05) is 0 Å². The monoisotopic (exact) mass is 230 g/mol. The highest BCUT2D eigenvalue weighted by Gasteiger charge is 2.30. The molecule has 1 nitrogen and oxygen atoms in total. The summed E-state index contributed by atoms with van der Waals surface area (Å²) < 4.78 is 37.0. The van der Waals surface area contributed by atoms with Gasteiger partial charge >= 0.3 is 6.18 Å². The number of alkyl halides is 3. The standard InChI is InChI=1S/C10H4ClF3N/c11-8-3-4-15-9-5-6(10(12,13)14)1-2-7(8)9/h1-2,4-5H. The Morgan fingerprint density at radius 2 is 2.00 bits per heavy atom. The van der Waals surface area contributed by atoms with Gasteiger partial charge in [0.15, 0.2) is 0 Å². The fraction of sp³-hybridized carbons (Fsp3) is 0.100. The van der Waals surface area contributed by atoms with E-state index in [0.29, 0.717) is 5.39 Å². The molecule has 0 atom stereocenters. The number of fused-ring (bicyclic) bond motifs is 1. The third kappa shape index (κ3) is 1.90. The van der Waals surface area contributed by atoms with E-state index in [1.807, 2.05) is 0 Å². The molecule has 5 heteroatoms. The molecule has 1 heterocycles. The highest BCUT2D eigenvalue weighted by atomic mass is 35.5. The van der Waals surface area contributed by atoms with Crippen LogP contribution in [0.5, 0.6) is 0 Å². The van der Waals surface area contributed by atoms with Crippen LogP contribution in [-0.2, 0) is 6.18 Å². The minimum Gasteiger partial charge on any atom is -0.255 e. The predicted octanol–water partition coefficient (Wildman–Crippen LogP) is 3.71. The van der Waals surface area contributed by atoms with Gasteiger partial charge in [-0.05, 0) is 12.1 Å². The summed E-state index contributed by atoms with van der Waals surface area (Å²) in [7, 11) is 0. The van der Waals surface area contributed by atoms with Crippen LogP contribution in [0.4, 0.5) is 13.2 Å². The van der Waals surface area contributed by atoms with Crippen molar-refractivity contribution in [2.45, 2.75) is 6.18 Å². The minimum absolute atomic E-state index is 0.216. The molecule has 0 amide bonds. The Kier molecular flexibility index (Phi) is 2.31. The molecule has 0 bridgehead atoms. The molecule has 0 saturated heterocycles. The van der Waals surface area contributed by atoms with E-state index in [1.165, 1.54) is 12.3 Å². The predicted molar refractivity (Wildman–Crippen MR) is 50.6 cm³/mol. The first-order valence-electron chi connectivity index (χ1n) is 4.01. The minimum atomic E-state index is -4.36. The maximum absolute atomic E-state index is 12.3. The summed E-state index contributed by atoms with van der Waals surface area (Å²) in [5, 5.41) is 0.737. The van der Waals surface area contributed by atoms with Gasteiger partial charge < -0.3 is 0 Å². The van der Waals surface area contributed by atoms with Gasteiger partial charge in [0.2, 0.25) is 0 Å². The van der Waals surface area contributed by atoms with Crippen LogP contribution in [0.3, 0.4) is 0 Å². The van der Waals surface area contributed by atoms with Gasteiger partial charge in [-0.3, -0.25) is 4.98 Å². The Morgan fingerprint density at radius 3 is 2.67 bits per heavy atom. The van der Waals surface area contributed by atoms with Crippen molar-refractivity contribution in [1.29, 1.82) is 0 Å². The highest BCUT2D eigenvalue weighted by molar-refractivity contribution is 6.35. The van der Waals surface area contributed by atoms with E-state index in [1.54, 1.807) is 0 Å².